The summed E-state index contributed by atoms with van der Waals surface area (Å²) in [4.78, 5) is 25.9. The van der Waals surface area contributed by atoms with E-state index in [1.807, 2.05) is 6.92 Å². The van der Waals surface area contributed by atoms with Crippen LogP contribution in [0.1, 0.15) is 13.8 Å². The van der Waals surface area contributed by atoms with Crippen molar-refractivity contribution in [3.63, 3.8) is 0 Å². The summed E-state index contributed by atoms with van der Waals surface area (Å²) in [7, 11) is 0. The number of nitrogens with one attached hydrogen (secondary N) is 2. The molecular weight excluding hydrogens is 294 g/mol. The average Bonchev–Trinajstić information content (AvgIpc) is 2.97. The molecule has 116 valence electrons. The number of aliphatic carboxylic acids is 1. The van der Waals surface area contributed by atoms with Gasteiger partial charge in [0.2, 0.25) is 5.91 Å². The summed E-state index contributed by atoms with van der Waals surface area (Å²) in [6.07, 6.45) is -0.754. The summed E-state index contributed by atoms with van der Waals surface area (Å²) in [5.74, 6) is -1.90. The first-order valence-electron chi connectivity index (χ1n) is 7.04. The minimum atomic E-state index is -1.07. The van der Waals surface area contributed by atoms with Gasteiger partial charge < -0.3 is 15.1 Å². The first kappa shape index (κ1) is 14.8. The molecule has 2 saturated heterocycles. The van der Waals surface area contributed by atoms with Gasteiger partial charge in [-0.3, -0.25) is 15.6 Å². The van der Waals surface area contributed by atoms with E-state index >= 15 is 0 Å². The molecule has 21 heavy (non-hydrogen) atoms. The highest BCUT2D eigenvalue weighted by Crippen LogP contribution is 2.51. The molecule has 0 spiro atoms. The zero-order valence-electron chi connectivity index (χ0n) is 11.9. The Morgan fingerprint density at radius 3 is 2.57 bits per heavy atom. The van der Waals surface area contributed by atoms with Crippen molar-refractivity contribution in [3.8, 4) is 0 Å². The van der Waals surface area contributed by atoms with E-state index in [9.17, 15) is 19.8 Å². The summed E-state index contributed by atoms with van der Waals surface area (Å²) in [6, 6.07) is -0.228. The third kappa shape index (κ3) is 2.17. The first-order chi connectivity index (χ1) is 9.93. The van der Waals surface area contributed by atoms with Gasteiger partial charge in [0.25, 0.3) is 0 Å². The molecule has 0 aromatic rings. The molecule has 0 aromatic carbocycles. The fourth-order valence-corrected chi connectivity index (χ4v) is 4.73. The zero-order chi connectivity index (χ0) is 15.3. The fraction of sp³-hybridized carbons (Fsp3) is 0.692. The maximum atomic E-state index is 12.2. The molecular formula is C13H19N3O4S. The van der Waals surface area contributed by atoms with E-state index in [1.54, 1.807) is 6.92 Å². The SMILES string of the molecule is C[C@@H](O)[C@H]1C(=O)N2C(C(=O)O)=C(SC3CNNC3)[C@H](C)[C@H]12. The van der Waals surface area contributed by atoms with Crippen molar-refractivity contribution in [2.75, 3.05) is 13.1 Å². The van der Waals surface area contributed by atoms with Crippen LogP contribution in [-0.4, -0.2) is 57.5 Å². The van der Waals surface area contributed by atoms with Crippen LogP contribution in [0.4, 0.5) is 0 Å². The lowest BCUT2D eigenvalue weighted by Crippen LogP contribution is -2.63. The van der Waals surface area contributed by atoms with Crippen LogP contribution in [-0.2, 0) is 9.59 Å². The quantitative estimate of drug-likeness (QED) is 0.512. The summed E-state index contributed by atoms with van der Waals surface area (Å²) >= 11 is 1.52. The van der Waals surface area contributed by atoms with Crippen LogP contribution in [0.5, 0.6) is 0 Å². The lowest BCUT2D eigenvalue weighted by Gasteiger charge is -2.46. The molecule has 0 unspecified atom stereocenters. The molecule has 1 amide bonds. The van der Waals surface area contributed by atoms with Crippen molar-refractivity contribution in [3.05, 3.63) is 10.6 Å². The highest BCUT2D eigenvalue weighted by molar-refractivity contribution is 8.03. The van der Waals surface area contributed by atoms with Crippen LogP contribution in [0, 0.1) is 11.8 Å². The van der Waals surface area contributed by atoms with Gasteiger partial charge in [0.15, 0.2) is 0 Å². The number of amides is 1. The summed E-state index contributed by atoms with van der Waals surface area (Å²) in [6.45, 7) is 5.04. The molecule has 0 saturated carbocycles. The van der Waals surface area contributed by atoms with E-state index < -0.39 is 18.0 Å². The maximum Gasteiger partial charge on any atom is 0.353 e. The maximum absolute atomic E-state index is 12.2. The zero-order valence-corrected chi connectivity index (χ0v) is 12.7. The number of fused-ring (bicyclic) bond motifs is 1. The predicted octanol–water partition coefficient (Wildman–Crippen LogP) is -0.650. The number of aliphatic hydroxyl groups excluding tert-OH is 1. The van der Waals surface area contributed by atoms with E-state index in [2.05, 4.69) is 10.9 Å². The monoisotopic (exact) mass is 313 g/mol. The number of rotatable bonds is 4. The Kier molecular flexibility index (Phi) is 3.73. The lowest BCUT2D eigenvalue weighted by atomic mass is 9.79. The lowest BCUT2D eigenvalue weighted by molar-refractivity contribution is -0.163. The normalized spacial score (nSPS) is 34.1. The average molecular weight is 313 g/mol. The Hall–Kier alpha value is -1.09. The number of β-lactam (4-membered cyclic amide) rings is 1. The van der Waals surface area contributed by atoms with Gasteiger partial charge in [-0.25, -0.2) is 4.79 Å². The van der Waals surface area contributed by atoms with Gasteiger partial charge in [0.05, 0.1) is 18.1 Å². The molecule has 2 fully saturated rings. The van der Waals surface area contributed by atoms with Crippen molar-refractivity contribution in [1.29, 1.82) is 0 Å². The topological polar surface area (TPSA) is 102 Å². The van der Waals surface area contributed by atoms with Crippen LogP contribution in [0.15, 0.2) is 10.6 Å². The fourth-order valence-electron chi connectivity index (χ4n) is 3.39. The number of thioether (sulfide) groups is 1. The number of nitrogens with zero attached hydrogens (tertiary/aromatic N) is 1. The molecule has 0 radical (unpaired) electrons. The van der Waals surface area contributed by atoms with Crippen molar-refractivity contribution in [1.82, 2.24) is 15.8 Å². The van der Waals surface area contributed by atoms with E-state index in [1.165, 1.54) is 16.7 Å². The Morgan fingerprint density at radius 1 is 1.43 bits per heavy atom. The number of hydrazine groups is 1. The highest BCUT2D eigenvalue weighted by Gasteiger charge is 2.60. The molecule has 3 aliphatic heterocycles. The van der Waals surface area contributed by atoms with Gasteiger partial charge in [-0.05, 0) is 6.92 Å². The van der Waals surface area contributed by atoms with Crippen LogP contribution < -0.4 is 10.9 Å². The van der Waals surface area contributed by atoms with Crippen LogP contribution >= 0.6 is 11.8 Å². The standard InChI is InChI=1S/C13H19N3O4S/c1-5-9-8(6(2)17)12(18)16(9)10(13(19)20)11(5)21-7-3-14-15-4-7/h5-9,14-15,17H,3-4H2,1-2H3,(H,19,20)/t5-,6-,8-,9-/m1/s1. The van der Waals surface area contributed by atoms with E-state index in [0.717, 1.165) is 18.0 Å². The summed E-state index contributed by atoms with van der Waals surface area (Å²) < 4.78 is 0. The van der Waals surface area contributed by atoms with E-state index in [0.29, 0.717) is 0 Å². The number of carbonyl (C=O) groups excluding carboxylic acids is 1. The third-order valence-electron chi connectivity index (χ3n) is 4.39. The Balaban J connectivity index is 1.89. The van der Waals surface area contributed by atoms with Crippen LogP contribution in [0.2, 0.25) is 0 Å². The largest absolute Gasteiger partial charge is 0.477 e. The number of hydrogen-bond donors (Lipinski definition) is 4. The molecule has 0 aromatic heterocycles. The van der Waals surface area contributed by atoms with Gasteiger partial charge in [0.1, 0.15) is 5.70 Å². The summed E-state index contributed by atoms with van der Waals surface area (Å²) in [5.41, 5.74) is 6.14. The second-order valence-corrected chi connectivity index (χ2v) is 7.12. The van der Waals surface area contributed by atoms with Crippen molar-refractivity contribution in [2.24, 2.45) is 11.8 Å². The van der Waals surface area contributed by atoms with Gasteiger partial charge >= 0.3 is 5.97 Å². The Labute approximate surface area is 126 Å². The van der Waals surface area contributed by atoms with Gasteiger partial charge in [-0.1, -0.05) is 6.92 Å². The van der Waals surface area contributed by atoms with E-state index in [4.69, 9.17) is 0 Å². The molecule has 8 heteroatoms. The number of hydrogen-bond acceptors (Lipinski definition) is 6. The minimum absolute atomic E-state index is 0.0565. The molecule has 4 atom stereocenters. The molecule has 4 N–H and O–H groups in total. The number of aliphatic hydroxyl groups is 1. The Bertz CT molecular complexity index is 516. The van der Waals surface area contributed by atoms with Crippen molar-refractivity contribution >= 4 is 23.6 Å². The number of carboxylic acids is 1. The van der Waals surface area contributed by atoms with Crippen LogP contribution in [0.25, 0.3) is 0 Å². The van der Waals surface area contributed by atoms with Crippen LogP contribution in [0.3, 0.4) is 0 Å². The van der Waals surface area contributed by atoms with Crippen molar-refractivity contribution in [2.45, 2.75) is 31.2 Å². The molecule has 3 rings (SSSR count). The highest BCUT2D eigenvalue weighted by atomic mass is 32.2. The smallest absolute Gasteiger partial charge is 0.353 e. The van der Waals surface area contributed by atoms with Gasteiger partial charge in [-0.2, -0.15) is 0 Å². The molecule has 7 nitrogen and oxygen atoms in total. The number of carboxylic acid groups (broad SMARTS) is 1. The molecule has 3 aliphatic rings. The Morgan fingerprint density at radius 2 is 2.05 bits per heavy atom. The molecule has 0 bridgehead atoms. The molecule has 0 aliphatic carbocycles. The van der Waals surface area contributed by atoms with E-state index in [-0.39, 0.29) is 28.8 Å². The first-order valence-corrected chi connectivity index (χ1v) is 7.92. The minimum Gasteiger partial charge on any atom is -0.477 e. The van der Waals surface area contributed by atoms with Gasteiger partial charge in [-0.15, -0.1) is 11.8 Å². The number of carbonyl (C=O) groups is 2. The van der Waals surface area contributed by atoms with Gasteiger partial charge in [0, 0.05) is 29.2 Å². The molecule has 3 heterocycles. The third-order valence-corrected chi connectivity index (χ3v) is 5.87. The summed E-state index contributed by atoms with van der Waals surface area (Å²) in [5, 5.41) is 19.5. The second-order valence-electron chi connectivity index (χ2n) is 5.77. The van der Waals surface area contributed by atoms with Crippen molar-refractivity contribution < 1.29 is 19.8 Å². The second kappa shape index (κ2) is 5.28. The predicted molar refractivity (Wildman–Crippen MR) is 77.0 cm³/mol.